The van der Waals surface area contributed by atoms with Gasteiger partial charge in [-0.3, -0.25) is 0 Å². The molecule has 0 saturated carbocycles. The predicted octanol–water partition coefficient (Wildman–Crippen LogP) is 6.17. The first-order valence-corrected chi connectivity index (χ1v) is 8.64. The van der Waals surface area contributed by atoms with E-state index < -0.39 is 30.2 Å². The smallest absolute Gasteiger partial charge is 0.208 e. The molecule has 3 nitrogen and oxygen atoms in total. The summed E-state index contributed by atoms with van der Waals surface area (Å²) in [7, 11) is 0. The van der Waals surface area contributed by atoms with Crippen LogP contribution in [0.2, 0.25) is 5.28 Å². The van der Waals surface area contributed by atoms with Crippen LogP contribution in [0.4, 0.5) is 0 Å². The van der Waals surface area contributed by atoms with Crippen LogP contribution < -0.4 is 0 Å². The van der Waals surface area contributed by atoms with Crippen LogP contribution in [-0.2, 0) is 0 Å². The second-order valence-electron chi connectivity index (χ2n) is 5.94. The molecule has 1 aromatic heterocycles. The summed E-state index contributed by atoms with van der Waals surface area (Å²) in [5.41, 5.74) is 0.587. The number of benzene rings is 4. The van der Waals surface area contributed by atoms with E-state index in [-0.39, 0.29) is 22.5 Å². The highest BCUT2D eigenvalue weighted by molar-refractivity contribution is 6.28. The van der Waals surface area contributed by atoms with Gasteiger partial charge in [-0.25, -0.2) is 4.98 Å². The minimum absolute atomic E-state index is 0.0748. The largest absolute Gasteiger partial charge is 0.226 e. The van der Waals surface area contributed by atoms with Crippen molar-refractivity contribution in [2.75, 3.05) is 0 Å². The lowest BCUT2D eigenvalue weighted by atomic mass is 9.97. The third kappa shape index (κ3) is 2.82. The highest BCUT2D eigenvalue weighted by Gasteiger charge is 2.13. The molecular formula is C23H14ClN3. The van der Waals surface area contributed by atoms with Crippen LogP contribution in [0.15, 0.2) is 84.8 Å². The van der Waals surface area contributed by atoms with Gasteiger partial charge in [-0.05, 0) is 39.2 Å². The Kier molecular flexibility index (Phi) is 2.73. The van der Waals surface area contributed by atoms with Gasteiger partial charge >= 0.3 is 0 Å². The van der Waals surface area contributed by atoms with Crippen LogP contribution >= 0.6 is 11.6 Å². The molecule has 0 spiro atoms. The normalized spacial score (nSPS) is 13.7. The highest BCUT2D eigenvalue weighted by Crippen LogP contribution is 2.34. The Morgan fingerprint density at radius 3 is 2.19 bits per heavy atom. The van der Waals surface area contributed by atoms with E-state index in [1.165, 1.54) is 0 Å². The molecule has 0 amide bonds. The van der Waals surface area contributed by atoms with Gasteiger partial charge in [0.25, 0.3) is 0 Å². The van der Waals surface area contributed by atoms with E-state index in [0.717, 1.165) is 21.5 Å². The molecule has 5 rings (SSSR count). The number of halogens is 1. The summed E-state index contributed by atoms with van der Waals surface area (Å²) >= 11 is 6.22. The average Bonchev–Trinajstić information content (AvgIpc) is 2.81. The molecule has 0 bridgehead atoms. The van der Waals surface area contributed by atoms with Crippen molar-refractivity contribution in [2.45, 2.75) is 0 Å². The van der Waals surface area contributed by atoms with E-state index in [0.29, 0.717) is 5.56 Å². The van der Waals surface area contributed by atoms with Gasteiger partial charge in [-0.2, -0.15) is 9.97 Å². The molecule has 0 aliphatic rings. The Bertz CT molecular complexity index is 1530. The standard InChI is InChI=1S/C23H14ClN3/c24-23-26-21(15-8-2-1-3-9-15)25-22(27-23)20-14-16-10-4-5-11-17(16)18-12-6-7-13-19(18)20/h1-14H/i1D,2D,3D,8D,9D. The summed E-state index contributed by atoms with van der Waals surface area (Å²) < 4.78 is 40.2. The van der Waals surface area contributed by atoms with Gasteiger partial charge in [-0.1, -0.05) is 78.7 Å². The van der Waals surface area contributed by atoms with E-state index in [9.17, 15) is 0 Å². The van der Waals surface area contributed by atoms with E-state index in [2.05, 4.69) is 15.0 Å². The number of fused-ring (bicyclic) bond motifs is 3. The molecule has 4 heteroatoms. The van der Waals surface area contributed by atoms with Gasteiger partial charge < -0.3 is 0 Å². The van der Waals surface area contributed by atoms with Gasteiger partial charge in [0, 0.05) is 11.1 Å². The van der Waals surface area contributed by atoms with Crippen LogP contribution in [0.3, 0.4) is 0 Å². The third-order valence-electron chi connectivity index (χ3n) is 4.34. The van der Waals surface area contributed by atoms with Crippen molar-refractivity contribution in [2.24, 2.45) is 0 Å². The SMILES string of the molecule is [2H]c1c([2H])c([2H])c(-c2nc(Cl)nc(-c3cc4ccccc4c4ccccc34)n2)c([2H])c1[2H]. The predicted molar refractivity (Wildman–Crippen MR) is 111 cm³/mol. The van der Waals surface area contributed by atoms with E-state index in [4.69, 9.17) is 18.5 Å². The van der Waals surface area contributed by atoms with Gasteiger partial charge in [0.05, 0.1) is 6.85 Å². The van der Waals surface area contributed by atoms with Gasteiger partial charge in [-0.15, -0.1) is 0 Å². The first-order valence-electron chi connectivity index (χ1n) is 10.8. The second-order valence-corrected chi connectivity index (χ2v) is 6.28. The Morgan fingerprint density at radius 1 is 0.704 bits per heavy atom. The Hall–Kier alpha value is -3.30. The van der Waals surface area contributed by atoms with Crippen molar-refractivity contribution in [1.82, 2.24) is 15.0 Å². The Balaban J connectivity index is 1.83. The third-order valence-corrected chi connectivity index (χ3v) is 4.51. The van der Waals surface area contributed by atoms with Gasteiger partial charge in [0.2, 0.25) is 5.28 Å². The zero-order chi connectivity index (χ0) is 22.6. The maximum Gasteiger partial charge on any atom is 0.226 e. The minimum atomic E-state index is -0.482. The quantitative estimate of drug-likeness (QED) is 0.348. The molecule has 0 saturated heterocycles. The maximum atomic E-state index is 8.24. The molecule has 0 aliphatic carbocycles. The molecule has 27 heavy (non-hydrogen) atoms. The molecule has 5 aromatic rings. The summed E-state index contributed by atoms with van der Waals surface area (Å²) in [6, 6.07) is 15.6. The monoisotopic (exact) mass is 372 g/mol. The molecule has 0 atom stereocenters. The number of hydrogen-bond donors (Lipinski definition) is 0. The fourth-order valence-corrected chi connectivity index (χ4v) is 3.34. The fourth-order valence-electron chi connectivity index (χ4n) is 3.18. The van der Waals surface area contributed by atoms with Crippen molar-refractivity contribution in [3.8, 4) is 22.8 Å². The topological polar surface area (TPSA) is 38.7 Å². The lowest BCUT2D eigenvalue weighted by Gasteiger charge is -2.11. The second kappa shape index (κ2) is 6.45. The molecule has 0 fully saturated rings. The van der Waals surface area contributed by atoms with Crippen molar-refractivity contribution in [1.29, 1.82) is 0 Å². The lowest BCUT2D eigenvalue weighted by molar-refractivity contribution is 1.07. The lowest BCUT2D eigenvalue weighted by Crippen LogP contribution is -1.98. The molecule has 0 radical (unpaired) electrons. The number of rotatable bonds is 2. The van der Waals surface area contributed by atoms with Crippen molar-refractivity contribution >= 4 is 33.1 Å². The molecule has 1 heterocycles. The van der Waals surface area contributed by atoms with E-state index in [1.807, 2.05) is 54.6 Å². The highest BCUT2D eigenvalue weighted by atomic mass is 35.5. The van der Waals surface area contributed by atoms with Crippen LogP contribution in [-0.4, -0.2) is 15.0 Å². The summed E-state index contributed by atoms with van der Waals surface area (Å²) in [5.74, 6) is 0.183. The molecule has 0 N–H and O–H groups in total. The summed E-state index contributed by atoms with van der Waals surface area (Å²) in [6.45, 7) is 0. The van der Waals surface area contributed by atoms with Crippen molar-refractivity contribution < 1.29 is 6.85 Å². The molecule has 0 unspecified atom stereocenters. The van der Waals surface area contributed by atoms with Crippen LogP contribution in [0.5, 0.6) is 0 Å². The number of aromatic nitrogens is 3. The Labute approximate surface area is 168 Å². The molecular weight excluding hydrogens is 354 g/mol. The average molecular weight is 373 g/mol. The van der Waals surface area contributed by atoms with Crippen molar-refractivity contribution in [3.05, 3.63) is 90.1 Å². The van der Waals surface area contributed by atoms with Gasteiger partial charge in [0.1, 0.15) is 0 Å². The first-order chi connectivity index (χ1) is 15.4. The summed E-state index contributed by atoms with van der Waals surface area (Å²) in [4.78, 5) is 12.9. The van der Waals surface area contributed by atoms with Gasteiger partial charge in [0.15, 0.2) is 11.6 Å². The molecule has 4 aromatic carbocycles. The van der Waals surface area contributed by atoms with Crippen LogP contribution in [0.25, 0.3) is 44.3 Å². The zero-order valence-corrected chi connectivity index (χ0v) is 14.7. The zero-order valence-electron chi connectivity index (χ0n) is 18.9. The summed E-state index contributed by atoms with van der Waals surface area (Å²) in [6.07, 6.45) is 0. The first kappa shape index (κ1) is 11.4. The fraction of sp³-hybridized carbons (Fsp3) is 0. The molecule has 128 valence electrons. The minimum Gasteiger partial charge on any atom is -0.208 e. The van der Waals surface area contributed by atoms with Crippen LogP contribution in [0, 0.1) is 0 Å². The number of nitrogens with zero attached hydrogens (tertiary/aromatic N) is 3. The van der Waals surface area contributed by atoms with E-state index >= 15 is 0 Å². The van der Waals surface area contributed by atoms with E-state index in [1.54, 1.807) is 0 Å². The van der Waals surface area contributed by atoms with Crippen molar-refractivity contribution in [3.63, 3.8) is 0 Å². The maximum absolute atomic E-state index is 8.24. The van der Waals surface area contributed by atoms with Crippen LogP contribution in [0.1, 0.15) is 6.85 Å². The molecule has 0 aliphatic heterocycles. The Morgan fingerprint density at radius 2 is 1.37 bits per heavy atom. The summed E-state index contributed by atoms with van der Waals surface area (Å²) in [5, 5.41) is 3.86. The number of hydrogen-bond acceptors (Lipinski definition) is 3.